The van der Waals surface area contributed by atoms with Crippen LogP contribution < -0.4 is 4.90 Å². The highest BCUT2D eigenvalue weighted by Gasteiger charge is 2.73. The van der Waals surface area contributed by atoms with Crippen LogP contribution in [0.5, 0.6) is 0 Å². The molecule has 0 radical (unpaired) electrons. The molecule has 2 aromatic rings. The second-order valence-electron chi connectivity index (χ2n) is 11.6. The fourth-order valence-corrected chi connectivity index (χ4v) is 9.32. The van der Waals surface area contributed by atoms with Crippen molar-refractivity contribution in [3.8, 4) is 0 Å². The lowest BCUT2D eigenvalue weighted by atomic mass is 9.74. The molecule has 3 amide bonds. The third-order valence-electron chi connectivity index (χ3n) is 8.98. The highest BCUT2D eigenvalue weighted by atomic mass is 32.2. The molecule has 214 valence electrons. The lowest BCUT2D eigenvalue weighted by Crippen LogP contribution is -2.53. The quantitative estimate of drug-likeness (QED) is 0.382. The van der Waals surface area contributed by atoms with Crippen LogP contribution in [0.1, 0.15) is 31.7 Å². The summed E-state index contributed by atoms with van der Waals surface area (Å²) in [5.74, 6) is -1.52. The second-order valence-corrected chi connectivity index (χ2v) is 13.4. The Kier molecular flexibility index (Phi) is 7.55. The molecular weight excluding hydrogens is 534 g/mol. The van der Waals surface area contributed by atoms with E-state index in [1.165, 1.54) is 0 Å². The van der Waals surface area contributed by atoms with Crippen molar-refractivity contribution in [3.05, 3.63) is 90.5 Å². The van der Waals surface area contributed by atoms with E-state index < -0.39 is 27.4 Å². The Bertz CT molecular complexity index is 1370. The number of aliphatic hydroxyl groups excluding tert-OH is 1. The summed E-state index contributed by atoms with van der Waals surface area (Å²) in [7, 11) is 0. The van der Waals surface area contributed by atoms with E-state index in [2.05, 4.69) is 19.1 Å². The van der Waals surface area contributed by atoms with Crippen LogP contribution in [0.15, 0.2) is 85.0 Å². The molecule has 2 aromatic carbocycles. The van der Waals surface area contributed by atoms with Gasteiger partial charge in [-0.05, 0) is 43.9 Å². The van der Waals surface area contributed by atoms with Crippen LogP contribution in [0.3, 0.4) is 0 Å². The number of anilines is 1. The number of aliphatic hydroxyl groups is 1. The van der Waals surface area contributed by atoms with Crippen LogP contribution in [0.2, 0.25) is 0 Å². The first-order valence-electron chi connectivity index (χ1n) is 14.6. The number of carbonyl (C=O) groups is 3. The predicted octanol–water partition coefficient (Wildman–Crippen LogP) is 4.04. The highest BCUT2D eigenvalue weighted by molar-refractivity contribution is 8.02. The van der Waals surface area contributed by atoms with Crippen molar-refractivity contribution in [2.75, 3.05) is 31.1 Å². The molecule has 41 heavy (non-hydrogen) atoms. The maximum Gasteiger partial charge on any atom is 0.247 e. The third-order valence-corrected chi connectivity index (χ3v) is 10.8. The Balaban J connectivity index is 1.41. The minimum absolute atomic E-state index is 0.0687. The molecule has 5 atom stereocenters. The fourth-order valence-electron chi connectivity index (χ4n) is 7.16. The van der Waals surface area contributed by atoms with E-state index in [-0.39, 0.29) is 24.3 Å². The van der Waals surface area contributed by atoms with Gasteiger partial charge in [-0.15, -0.1) is 11.8 Å². The Morgan fingerprint density at radius 3 is 2.27 bits per heavy atom. The molecule has 0 aromatic heterocycles. The van der Waals surface area contributed by atoms with E-state index in [4.69, 9.17) is 0 Å². The van der Waals surface area contributed by atoms with Crippen LogP contribution in [-0.2, 0) is 20.9 Å². The zero-order chi connectivity index (χ0) is 28.6. The number of carbonyl (C=O) groups excluding carboxylic acids is 3. The summed E-state index contributed by atoms with van der Waals surface area (Å²) < 4.78 is -1.49. The molecule has 7 nitrogen and oxygen atoms in total. The number of fused-ring (bicyclic) bond motifs is 2. The largest absolute Gasteiger partial charge is 0.396 e. The molecule has 1 unspecified atom stereocenters. The van der Waals surface area contributed by atoms with Gasteiger partial charge in [0.2, 0.25) is 17.7 Å². The predicted molar refractivity (Wildman–Crippen MR) is 161 cm³/mol. The van der Waals surface area contributed by atoms with Crippen molar-refractivity contribution >= 4 is 35.2 Å². The maximum absolute atomic E-state index is 14.5. The standard InChI is InChI=1S/C33H37N3O4S/c1-32-17-11-21-35(25-15-7-3-8-16-25)29(38)26(32)27-30(39)36(20-9-4-10-22-37)28-31(40)34(19-12-18-33(27,28)41-32)23-24-13-5-2-6-14-24/h2-3,5-8,11-18,26-28,37H,4,9-10,19-23H2,1H3/t26-,27+,28?,32+,33+/m1/s1. The number of hydrogen-bond acceptors (Lipinski definition) is 5. The van der Waals surface area contributed by atoms with Gasteiger partial charge in [0.15, 0.2) is 0 Å². The summed E-state index contributed by atoms with van der Waals surface area (Å²) in [5, 5.41) is 9.31. The van der Waals surface area contributed by atoms with Gasteiger partial charge in [0, 0.05) is 43.2 Å². The van der Waals surface area contributed by atoms with E-state index in [1.807, 2.05) is 77.7 Å². The molecular formula is C33H37N3O4S. The molecule has 8 heteroatoms. The number of hydrogen-bond donors (Lipinski definition) is 1. The molecule has 1 spiro atoms. The van der Waals surface area contributed by atoms with E-state index in [1.54, 1.807) is 21.6 Å². The Hall–Kier alpha value is -3.36. The molecule has 4 heterocycles. The minimum Gasteiger partial charge on any atom is -0.396 e. The third kappa shape index (κ3) is 4.71. The number of benzene rings is 2. The van der Waals surface area contributed by atoms with Crippen LogP contribution in [-0.4, -0.2) is 74.4 Å². The number of unbranched alkanes of at least 4 members (excludes halogenated alkanes) is 2. The first-order chi connectivity index (χ1) is 19.9. The summed E-state index contributed by atoms with van der Waals surface area (Å²) in [4.78, 5) is 48.8. The SMILES string of the molecule is C[C@]12C=CCN(c3ccccc3)C(=O)[C@H]1[C@H]1C(=O)N(CCCCCO)C3C(=O)N(Cc4ccccc4)CC=C[C@@]31S2. The molecule has 2 saturated heterocycles. The van der Waals surface area contributed by atoms with Crippen molar-refractivity contribution in [1.29, 1.82) is 0 Å². The van der Waals surface area contributed by atoms with Crippen molar-refractivity contribution in [3.63, 3.8) is 0 Å². The molecule has 1 N–H and O–H groups in total. The van der Waals surface area contributed by atoms with Crippen molar-refractivity contribution < 1.29 is 19.5 Å². The van der Waals surface area contributed by atoms with E-state index in [0.29, 0.717) is 39.0 Å². The van der Waals surface area contributed by atoms with Crippen LogP contribution >= 0.6 is 11.8 Å². The van der Waals surface area contributed by atoms with E-state index in [9.17, 15) is 19.5 Å². The fraction of sp³-hybridized carbons (Fsp3) is 0.424. The Morgan fingerprint density at radius 2 is 1.54 bits per heavy atom. The van der Waals surface area contributed by atoms with Crippen molar-refractivity contribution in [2.24, 2.45) is 11.8 Å². The second kappa shape index (κ2) is 11.1. The van der Waals surface area contributed by atoms with Crippen molar-refractivity contribution in [1.82, 2.24) is 9.80 Å². The first-order valence-corrected chi connectivity index (χ1v) is 15.4. The van der Waals surface area contributed by atoms with E-state index in [0.717, 1.165) is 17.7 Å². The van der Waals surface area contributed by atoms with Crippen LogP contribution in [0, 0.1) is 11.8 Å². The molecule has 4 aliphatic rings. The summed E-state index contributed by atoms with van der Waals surface area (Å²) in [5.41, 5.74) is 1.84. The van der Waals surface area contributed by atoms with Gasteiger partial charge in [-0.3, -0.25) is 14.4 Å². The average molecular weight is 572 g/mol. The molecule has 0 bridgehead atoms. The first kappa shape index (κ1) is 27.8. The Morgan fingerprint density at radius 1 is 0.829 bits per heavy atom. The monoisotopic (exact) mass is 571 g/mol. The molecule has 6 rings (SSSR count). The topological polar surface area (TPSA) is 81.2 Å². The number of amides is 3. The molecule has 4 aliphatic heterocycles. The maximum atomic E-state index is 14.5. The van der Waals surface area contributed by atoms with Gasteiger partial charge in [-0.2, -0.15) is 0 Å². The minimum atomic E-state index is -0.851. The lowest BCUT2D eigenvalue weighted by Gasteiger charge is -2.37. The van der Waals surface area contributed by atoms with Gasteiger partial charge in [-0.1, -0.05) is 72.8 Å². The van der Waals surface area contributed by atoms with Gasteiger partial charge in [0.25, 0.3) is 0 Å². The van der Waals surface area contributed by atoms with Crippen molar-refractivity contribution in [2.45, 2.75) is 48.3 Å². The average Bonchev–Trinajstić information content (AvgIpc) is 3.25. The summed E-state index contributed by atoms with van der Waals surface area (Å²) in [6.07, 6.45) is 10.3. The zero-order valence-corrected chi connectivity index (χ0v) is 24.2. The summed E-state index contributed by atoms with van der Waals surface area (Å²) >= 11 is 1.62. The summed E-state index contributed by atoms with van der Waals surface area (Å²) in [6.45, 7) is 3.93. The normalized spacial score (nSPS) is 30.7. The highest BCUT2D eigenvalue weighted by Crippen LogP contribution is 2.65. The zero-order valence-electron chi connectivity index (χ0n) is 23.4. The molecule has 2 fully saturated rings. The lowest BCUT2D eigenvalue weighted by molar-refractivity contribution is -0.143. The number of thioether (sulfide) groups is 1. The number of likely N-dealkylation sites (tertiary alicyclic amines) is 1. The van der Waals surface area contributed by atoms with Crippen LogP contribution in [0.25, 0.3) is 0 Å². The van der Waals surface area contributed by atoms with Gasteiger partial charge < -0.3 is 19.8 Å². The van der Waals surface area contributed by atoms with Crippen LogP contribution in [0.4, 0.5) is 5.69 Å². The van der Waals surface area contributed by atoms with Gasteiger partial charge in [0.1, 0.15) is 6.04 Å². The summed E-state index contributed by atoms with van der Waals surface area (Å²) in [6, 6.07) is 18.8. The van der Waals surface area contributed by atoms with Gasteiger partial charge >= 0.3 is 0 Å². The number of nitrogens with zero attached hydrogens (tertiary/aromatic N) is 3. The van der Waals surface area contributed by atoms with Gasteiger partial charge in [-0.25, -0.2) is 0 Å². The molecule has 0 aliphatic carbocycles. The van der Waals surface area contributed by atoms with Gasteiger partial charge in [0.05, 0.1) is 16.6 Å². The Labute approximate surface area is 245 Å². The smallest absolute Gasteiger partial charge is 0.247 e. The number of rotatable bonds is 8. The number of para-hydroxylation sites is 1. The van der Waals surface area contributed by atoms with E-state index >= 15 is 0 Å². The molecule has 0 saturated carbocycles.